The van der Waals surface area contributed by atoms with Gasteiger partial charge in [-0.1, -0.05) is 6.92 Å². The number of piperazine rings is 1. The highest BCUT2D eigenvalue weighted by atomic mass is 16.5. The van der Waals surface area contributed by atoms with Crippen molar-refractivity contribution < 1.29 is 19.1 Å². The van der Waals surface area contributed by atoms with Gasteiger partial charge in [0.1, 0.15) is 11.5 Å². The first-order chi connectivity index (χ1) is 14.5. The molecule has 7 heteroatoms. The lowest BCUT2D eigenvalue weighted by atomic mass is 10.1. The molecule has 1 aliphatic heterocycles. The number of ether oxygens (including phenoxy) is 2. The summed E-state index contributed by atoms with van der Waals surface area (Å²) in [6, 6.07) is 13.1. The fraction of sp³-hybridized carbons (Fsp3) is 0.391. The zero-order chi connectivity index (χ0) is 21.5. The van der Waals surface area contributed by atoms with Gasteiger partial charge in [-0.25, -0.2) is 0 Å². The van der Waals surface area contributed by atoms with Crippen molar-refractivity contribution in [2.75, 3.05) is 50.6 Å². The van der Waals surface area contributed by atoms with Gasteiger partial charge in [0.2, 0.25) is 5.91 Å². The van der Waals surface area contributed by atoms with E-state index < -0.39 is 0 Å². The maximum Gasteiger partial charge on any atom is 0.254 e. The van der Waals surface area contributed by atoms with Crippen LogP contribution in [-0.2, 0) is 4.79 Å². The van der Waals surface area contributed by atoms with Gasteiger partial charge in [-0.2, -0.15) is 0 Å². The summed E-state index contributed by atoms with van der Waals surface area (Å²) in [6.45, 7) is 4.74. The van der Waals surface area contributed by atoms with E-state index in [4.69, 9.17) is 9.47 Å². The van der Waals surface area contributed by atoms with Crippen LogP contribution in [-0.4, -0.2) is 57.1 Å². The predicted octanol–water partition coefficient (Wildman–Crippen LogP) is 3.40. The van der Waals surface area contributed by atoms with E-state index in [9.17, 15) is 9.59 Å². The molecule has 1 N–H and O–H groups in total. The molecule has 2 amide bonds. The maximum absolute atomic E-state index is 12.9. The Hall–Kier alpha value is -3.22. The van der Waals surface area contributed by atoms with E-state index in [2.05, 4.69) is 10.2 Å². The highest BCUT2D eigenvalue weighted by Crippen LogP contribution is 2.25. The van der Waals surface area contributed by atoms with E-state index in [0.717, 1.165) is 30.9 Å². The van der Waals surface area contributed by atoms with Crippen molar-refractivity contribution in [2.45, 2.75) is 19.8 Å². The smallest absolute Gasteiger partial charge is 0.254 e. The number of benzene rings is 2. The van der Waals surface area contributed by atoms with Gasteiger partial charge in [0.25, 0.3) is 5.91 Å². The summed E-state index contributed by atoms with van der Waals surface area (Å²) in [7, 11) is 3.14. The summed E-state index contributed by atoms with van der Waals surface area (Å²) < 4.78 is 10.5. The fourth-order valence-corrected chi connectivity index (χ4v) is 3.49. The zero-order valence-electron chi connectivity index (χ0n) is 17.8. The molecule has 0 atom stereocenters. The number of nitrogens with zero attached hydrogens (tertiary/aromatic N) is 2. The Bertz CT molecular complexity index is 852. The summed E-state index contributed by atoms with van der Waals surface area (Å²) in [4.78, 5) is 28.8. The summed E-state index contributed by atoms with van der Waals surface area (Å²) in [6.07, 6.45) is 1.35. The van der Waals surface area contributed by atoms with Crippen molar-refractivity contribution in [1.29, 1.82) is 0 Å². The van der Waals surface area contributed by atoms with Gasteiger partial charge in [0, 0.05) is 55.6 Å². The second kappa shape index (κ2) is 10.0. The SMILES string of the molecule is CCCC(=O)Nc1ccc(N2CCN(C(=O)c3cc(OC)cc(OC)c3)CC2)cc1. The maximum atomic E-state index is 12.9. The molecule has 7 nitrogen and oxygen atoms in total. The number of carbonyl (C=O) groups excluding carboxylic acids is 2. The average molecular weight is 412 g/mol. The van der Waals surface area contributed by atoms with Crippen LogP contribution in [0, 0.1) is 0 Å². The molecule has 0 bridgehead atoms. The fourth-order valence-electron chi connectivity index (χ4n) is 3.49. The number of carbonyl (C=O) groups is 2. The first-order valence-corrected chi connectivity index (χ1v) is 10.2. The lowest BCUT2D eigenvalue weighted by molar-refractivity contribution is -0.116. The molecule has 1 heterocycles. The van der Waals surface area contributed by atoms with Crippen molar-refractivity contribution in [2.24, 2.45) is 0 Å². The zero-order valence-corrected chi connectivity index (χ0v) is 17.8. The third kappa shape index (κ3) is 5.23. The van der Waals surface area contributed by atoms with E-state index in [-0.39, 0.29) is 11.8 Å². The van der Waals surface area contributed by atoms with Crippen LogP contribution in [0.2, 0.25) is 0 Å². The minimum Gasteiger partial charge on any atom is -0.497 e. The van der Waals surface area contributed by atoms with Gasteiger partial charge < -0.3 is 24.6 Å². The molecule has 1 fully saturated rings. The third-order valence-electron chi connectivity index (χ3n) is 5.16. The Morgan fingerprint density at radius 3 is 2.07 bits per heavy atom. The number of anilines is 2. The summed E-state index contributed by atoms with van der Waals surface area (Å²) in [5.41, 5.74) is 2.45. The molecular weight excluding hydrogens is 382 g/mol. The summed E-state index contributed by atoms with van der Waals surface area (Å²) in [5.74, 6) is 1.21. The quantitative estimate of drug-likeness (QED) is 0.756. The van der Waals surface area contributed by atoms with Gasteiger partial charge in [-0.05, 0) is 42.8 Å². The molecule has 1 saturated heterocycles. The van der Waals surface area contributed by atoms with E-state index in [1.165, 1.54) is 0 Å². The van der Waals surface area contributed by atoms with Crippen LogP contribution in [0.1, 0.15) is 30.1 Å². The number of hydrogen-bond donors (Lipinski definition) is 1. The molecule has 0 spiro atoms. The van der Waals surface area contributed by atoms with Crippen molar-refractivity contribution >= 4 is 23.2 Å². The summed E-state index contributed by atoms with van der Waals surface area (Å²) in [5, 5.41) is 2.90. The van der Waals surface area contributed by atoms with E-state index >= 15 is 0 Å². The van der Waals surface area contributed by atoms with Crippen molar-refractivity contribution in [1.82, 2.24) is 4.90 Å². The number of amides is 2. The molecule has 1 aliphatic rings. The lowest BCUT2D eigenvalue weighted by Crippen LogP contribution is -2.48. The Morgan fingerprint density at radius 1 is 0.933 bits per heavy atom. The van der Waals surface area contributed by atoms with Gasteiger partial charge in [-0.15, -0.1) is 0 Å². The molecular formula is C23H29N3O4. The number of nitrogens with one attached hydrogen (secondary N) is 1. The van der Waals surface area contributed by atoms with Crippen LogP contribution >= 0.6 is 0 Å². The van der Waals surface area contributed by atoms with Crippen molar-refractivity contribution in [3.05, 3.63) is 48.0 Å². The normalized spacial score (nSPS) is 13.7. The van der Waals surface area contributed by atoms with E-state index in [0.29, 0.717) is 36.6 Å². The molecule has 30 heavy (non-hydrogen) atoms. The topological polar surface area (TPSA) is 71.1 Å². The predicted molar refractivity (Wildman–Crippen MR) is 118 cm³/mol. The number of hydrogen-bond acceptors (Lipinski definition) is 5. The Kier molecular flexibility index (Phi) is 7.17. The van der Waals surface area contributed by atoms with Crippen molar-refractivity contribution in [3.63, 3.8) is 0 Å². The van der Waals surface area contributed by atoms with Crippen LogP contribution in [0.25, 0.3) is 0 Å². The van der Waals surface area contributed by atoms with Crippen LogP contribution in [0.3, 0.4) is 0 Å². The first-order valence-electron chi connectivity index (χ1n) is 10.2. The van der Waals surface area contributed by atoms with Gasteiger partial charge >= 0.3 is 0 Å². The molecule has 0 unspecified atom stereocenters. The van der Waals surface area contributed by atoms with Crippen LogP contribution < -0.4 is 19.7 Å². The monoisotopic (exact) mass is 411 g/mol. The first kappa shape index (κ1) is 21.5. The highest BCUT2D eigenvalue weighted by molar-refractivity contribution is 5.95. The molecule has 0 aromatic heterocycles. The average Bonchev–Trinajstić information content (AvgIpc) is 2.79. The second-order valence-electron chi connectivity index (χ2n) is 7.23. The van der Waals surface area contributed by atoms with Gasteiger partial charge in [0.15, 0.2) is 0 Å². The minimum atomic E-state index is -0.0270. The lowest BCUT2D eigenvalue weighted by Gasteiger charge is -2.36. The Labute approximate surface area is 177 Å². The largest absolute Gasteiger partial charge is 0.497 e. The highest BCUT2D eigenvalue weighted by Gasteiger charge is 2.23. The molecule has 0 radical (unpaired) electrons. The summed E-state index contributed by atoms with van der Waals surface area (Å²) >= 11 is 0. The Morgan fingerprint density at radius 2 is 1.53 bits per heavy atom. The molecule has 2 aromatic carbocycles. The van der Waals surface area contributed by atoms with Gasteiger partial charge in [-0.3, -0.25) is 9.59 Å². The van der Waals surface area contributed by atoms with Crippen molar-refractivity contribution in [3.8, 4) is 11.5 Å². The van der Waals surface area contributed by atoms with Gasteiger partial charge in [0.05, 0.1) is 14.2 Å². The third-order valence-corrected chi connectivity index (χ3v) is 5.16. The van der Waals surface area contributed by atoms with Crippen LogP contribution in [0.4, 0.5) is 11.4 Å². The van der Waals surface area contributed by atoms with Crippen LogP contribution in [0.5, 0.6) is 11.5 Å². The molecule has 2 aromatic rings. The molecule has 0 saturated carbocycles. The second-order valence-corrected chi connectivity index (χ2v) is 7.23. The molecule has 3 rings (SSSR count). The van der Waals surface area contributed by atoms with E-state index in [1.54, 1.807) is 32.4 Å². The number of rotatable bonds is 7. The Balaban J connectivity index is 1.59. The molecule has 0 aliphatic carbocycles. The standard InChI is InChI=1S/C23H29N3O4/c1-4-5-22(27)24-18-6-8-19(9-7-18)25-10-12-26(13-11-25)23(28)17-14-20(29-2)16-21(15-17)30-3/h6-9,14-16H,4-5,10-13H2,1-3H3,(H,24,27). The molecule has 160 valence electrons. The number of methoxy groups -OCH3 is 2. The van der Waals surface area contributed by atoms with E-state index in [1.807, 2.05) is 36.1 Å². The minimum absolute atomic E-state index is 0.0270. The van der Waals surface area contributed by atoms with Crippen LogP contribution in [0.15, 0.2) is 42.5 Å².